The zero-order valence-corrected chi connectivity index (χ0v) is 13.0. The van der Waals surface area contributed by atoms with Crippen LogP contribution in [0.4, 0.5) is 0 Å². The van der Waals surface area contributed by atoms with Gasteiger partial charge in [0.25, 0.3) is 0 Å². The molecule has 0 aromatic carbocycles. The highest BCUT2D eigenvalue weighted by molar-refractivity contribution is 6.31. The molecule has 0 aliphatic carbocycles. The molecule has 0 bridgehead atoms. The summed E-state index contributed by atoms with van der Waals surface area (Å²) in [6, 6.07) is 0.211. The van der Waals surface area contributed by atoms with E-state index in [1.165, 1.54) is 0 Å². The van der Waals surface area contributed by atoms with Crippen molar-refractivity contribution in [3.05, 3.63) is 16.4 Å². The molecule has 0 spiro atoms. The molecule has 0 aliphatic rings. The van der Waals surface area contributed by atoms with Crippen molar-refractivity contribution in [2.45, 2.75) is 66.5 Å². The Morgan fingerprint density at radius 2 is 2.00 bits per heavy atom. The molecule has 1 unspecified atom stereocenters. The third-order valence-electron chi connectivity index (χ3n) is 3.21. The SMILES string of the molecule is CCc1nn(CC)c(CC(C)(C)CC(C)N)c1Cl. The fraction of sp³-hybridized carbons (Fsp3) is 0.786. The molecule has 1 aromatic heterocycles. The van der Waals surface area contributed by atoms with Gasteiger partial charge >= 0.3 is 0 Å². The van der Waals surface area contributed by atoms with Crippen LogP contribution < -0.4 is 5.73 Å². The molecule has 1 atom stereocenters. The predicted octanol–water partition coefficient (Wildman–Crippen LogP) is 3.42. The lowest BCUT2D eigenvalue weighted by Gasteiger charge is -2.27. The van der Waals surface area contributed by atoms with Gasteiger partial charge in [0.15, 0.2) is 0 Å². The molecule has 0 aliphatic heterocycles. The van der Waals surface area contributed by atoms with Crippen LogP contribution in [0.1, 0.15) is 52.4 Å². The van der Waals surface area contributed by atoms with Gasteiger partial charge < -0.3 is 5.73 Å². The quantitative estimate of drug-likeness (QED) is 0.862. The maximum atomic E-state index is 6.44. The van der Waals surface area contributed by atoms with Crippen LogP contribution in [0.5, 0.6) is 0 Å². The minimum Gasteiger partial charge on any atom is -0.328 e. The van der Waals surface area contributed by atoms with Gasteiger partial charge in [-0.2, -0.15) is 5.10 Å². The molecule has 0 fully saturated rings. The summed E-state index contributed by atoms with van der Waals surface area (Å²) in [6.45, 7) is 11.6. The summed E-state index contributed by atoms with van der Waals surface area (Å²) < 4.78 is 2.03. The normalized spacial score (nSPS) is 13.9. The highest BCUT2D eigenvalue weighted by Gasteiger charge is 2.25. The van der Waals surface area contributed by atoms with E-state index in [1.54, 1.807) is 0 Å². The van der Waals surface area contributed by atoms with Crippen LogP contribution in [-0.2, 0) is 19.4 Å². The fourth-order valence-corrected chi connectivity index (χ4v) is 2.92. The van der Waals surface area contributed by atoms with Crippen molar-refractivity contribution in [2.24, 2.45) is 11.1 Å². The summed E-state index contributed by atoms with van der Waals surface area (Å²) in [5.41, 5.74) is 8.22. The number of halogens is 1. The van der Waals surface area contributed by atoms with E-state index >= 15 is 0 Å². The maximum Gasteiger partial charge on any atom is 0.0850 e. The van der Waals surface area contributed by atoms with Gasteiger partial charge in [-0.05, 0) is 38.5 Å². The molecule has 0 radical (unpaired) electrons. The lowest BCUT2D eigenvalue weighted by molar-refractivity contribution is 0.301. The second-order valence-corrected chi connectivity index (χ2v) is 6.28. The third kappa shape index (κ3) is 3.72. The van der Waals surface area contributed by atoms with Crippen molar-refractivity contribution in [3.8, 4) is 0 Å². The van der Waals surface area contributed by atoms with Gasteiger partial charge in [-0.3, -0.25) is 4.68 Å². The largest absolute Gasteiger partial charge is 0.328 e. The molecule has 18 heavy (non-hydrogen) atoms. The van der Waals surface area contributed by atoms with Crippen molar-refractivity contribution >= 4 is 11.6 Å². The molecule has 2 N–H and O–H groups in total. The second-order valence-electron chi connectivity index (χ2n) is 5.90. The number of nitrogens with zero attached hydrogens (tertiary/aromatic N) is 2. The lowest BCUT2D eigenvalue weighted by Crippen LogP contribution is -2.27. The van der Waals surface area contributed by atoms with Crippen LogP contribution in [0, 0.1) is 5.41 Å². The van der Waals surface area contributed by atoms with E-state index in [-0.39, 0.29) is 11.5 Å². The summed E-state index contributed by atoms with van der Waals surface area (Å²) in [7, 11) is 0. The van der Waals surface area contributed by atoms with Crippen molar-refractivity contribution in [2.75, 3.05) is 0 Å². The van der Waals surface area contributed by atoms with E-state index in [9.17, 15) is 0 Å². The van der Waals surface area contributed by atoms with Crippen LogP contribution in [0.15, 0.2) is 0 Å². The van der Waals surface area contributed by atoms with E-state index in [0.29, 0.717) is 0 Å². The first-order chi connectivity index (χ1) is 8.30. The van der Waals surface area contributed by atoms with Crippen molar-refractivity contribution in [1.29, 1.82) is 0 Å². The monoisotopic (exact) mass is 271 g/mol. The Kier molecular flexibility index (Phi) is 5.23. The number of hydrogen-bond donors (Lipinski definition) is 1. The van der Waals surface area contributed by atoms with E-state index in [2.05, 4.69) is 39.7 Å². The maximum absolute atomic E-state index is 6.44. The molecular weight excluding hydrogens is 246 g/mol. The molecular formula is C14H26ClN3. The van der Waals surface area contributed by atoms with Crippen molar-refractivity contribution in [3.63, 3.8) is 0 Å². The molecule has 0 saturated carbocycles. The van der Waals surface area contributed by atoms with Gasteiger partial charge in [0.1, 0.15) is 0 Å². The molecule has 104 valence electrons. The fourth-order valence-electron chi connectivity index (χ4n) is 2.58. The van der Waals surface area contributed by atoms with Gasteiger partial charge in [-0.25, -0.2) is 0 Å². The highest BCUT2D eigenvalue weighted by atomic mass is 35.5. The minimum atomic E-state index is 0.149. The number of aromatic nitrogens is 2. The molecule has 4 heteroatoms. The number of rotatable bonds is 6. The molecule has 1 aromatic rings. The zero-order chi connectivity index (χ0) is 13.9. The van der Waals surface area contributed by atoms with Crippen LogP contribution >= 0.6 is 11.6 Å². The highest BCUT2D eigenvalue weighted by Crippen LogP contribution is 2.32. The van der Waals surface area contributed by atoms with E-state index in [4.69, 9.17) is 17.3 Å². The number of hydrogen-bond acceptors (Lipinski definition) is 2. The average molecular weight is 272 g/mol. The van der Waals surface area contributed by atoms with Gasteiger partial charge in [0.2, 0.25) is 0 Å². The first kappa shape index (κ1) is 15.5. The van der Waals surface area contributed by atoms with Gasteiger partial charge in [0.05, 0.1) is 16.4 Å². The zero-order valence-electron chi connectivity index (χ0n) is 12.3. The predicted molar refractivity (Wildman–Crippen MR) is 78.0 cm³/mol. The van der Waals surface area contributed by atoms with Gasteiger partial charge in [0, 0.05) is 12.6 Å². The van der Waals surface area contributed by atoms with Crippen LogP contribution in [0.3, 0.4) is 0 Å². The molecule has 3 nitrogen and oxygen atoms in total. The Morgan fingerprint density at radius 1 is 1.39 bits per heavy atom. The molecule has 1 heterocycles. The standard InChI is InChI=1S/C14H26ClN3/c1-6-11-13(15)12(18(7-2)17-11)9-14(4,5)8-10(3)16/h10H,6-9,16H2,1-5H3. The summed E-state index contributed by atoms with van der Waals surface area (Å²) in [5.74, 6) is 0. The summed E-state index contributed by atoms with van der Waals surface area (Å²) >= 11 is 6.44. The van der Waals surface area contributed by atoms with Crippen LogP contribution in [0.25, 0.3) is 0 Å². The Bertz CT molecular complexity index is 394. The van der Waals surface area contributed by atoms with E-state index in [0.717, 1.165) is 42.2 Å². The Balaban J connectivity index is 2.99. The minimum absolute atomic E-state index is 0.149. The van der Waals surface area contributed by atoms with Crippen LogP contribution in [0.2, 0.25) is 5.02 Å². The van der Waals surface area contributed by atoms with Crippen LogP contribution in [-0.4, -0.2) is 15.8 Å². The first-order valence-corrected chi connectivity index (χ1v) is 7.18. The topological polar surface area (TPSA) is 43.8 Å². The number of aryl methyl sites for hydroxylation is 2. The Morgan fingerprint density at radius 3 is 2.44 bits per heavy atom. The number of nitrogens with two attached hydrogens (primary N) is 1. The van der Waals surface area contributed by atoms with Gasteiger partial charge in [-0.15, -0.1) is 0 Å². The summed E-state index contributed by atoms with van der Waals surface area (Å²) in [6.07, 6.45) is 2.79. The smallest absolute Gasteiger partial charge is 0.0850 e. The Labute approximate surface area is 116 Å². The Hall–Kier alpha value is -0.540. The van der Waals surface area contributed by atoms with Crippen molar-refractivity contribution in [1.82, 2.24) is 9.78 Å². The lowest BCUT2D eigenvalue weighted by atomic mass is 9.82. The summed E-state index contributed by atoms with van der Waals surface area (Å²) in [4.78, 5) is 0. The van der Waals surface area contributed by atoms with Gasteiger partial charge in [-0.1, -0.05) is 32.4 Å². The molecule has 0 saturated heterocycles. The van der Waals surface area contributed by atoms with E-state index < -0.39 is 0 Å². The molecule has 1 rings (SSSR count). The second kappa shape index (κ2) is 6.07. The van der Waals surface area contributed by atoms with E-state index in [1.807, 2.05) is 4.68 Å². The molecule has 0 amide bonds. The third-order valence-corrected chi connectivity index (χ3v) is 3.65. The average Bonchev–Trinajstić information content (AvgIpc) is 2.53. The van der Waals surface area contributed by atoms with Crippen molar-refractivity contribution < 1.29 is 0 Å². The first-order valence-electron chi connectivity index (χ1n) is 6.80. The summed E-state index contributed by atoms with van der Waals surface area (Å²) in [5, 5.41) is 5.41.